The second-order valence-corrected chi connectivity index (χ2v) is 9.04. The summed E-state index contributed by atoms with van der Waals surface area (Å²) in [7, 11) is -3.58. The number of carbonyl (C=O) groups is 2. The van der Waals surface area contributed by atoms with Crippen LogP contribution in [0.2, 0.25) is 0 Å². The van der Waals surface area contributed by atoms with Gasteiger partial charge in [-0.1, -0.05) is 32.1 Å². The molecule has 0 saturated carbocycles. The Morgan fingerprint density at radius 2 is 1.86 bits per heavy atom. The molecule has 1 amide bonds. The average Bonchev–Trinajstić information content (AvgIpc) is 2.70. The first-order chi connectivity index (χ1) is 13.3. The van der Waals surface area contributed by atoms with E-state index in [0.717, 1.165) is 5.56 Å². The zero-order chi connectivity index (χ0) is 20.7. The van der Waals surface area contributed by atoms with E-state index in [0.29, 0.717) is 25.3 Å². The van der Waals surface area contributed by atoms with E-state index < -0.39 is 27.8 Å². The van der Waals surface area contributed by atoms with E-state index in [1.165, 1.54) is 10.4 Å². The first-order valence-corrected chi connectivity index (χ1v) is 10.8. The molecule has 1 heterocycles. The van der Waals surface area contributed by atoms with Crippen molar-refractivity contribution in [3.63, 3.8) is 0 Å². The summed E-state index contributed by atoms with van der Waals surface area (Å²) >= 11 is 0. The lowest BCUT2D eigenvalue weighted by molar-refractivity contribution is -0.153. The lowest BCUT2D eigenvalue weighted by Crippen LogP contribution is -2.41. The molecule has 0 atom stereocenters. The van der Waals surface area contributed by atoms with E-state index in [4.69, 9.17) is 4.74 Å². The zero-order valence-electron chi connectivity index (χ0n) is 16.4. The van der Waals surface area contributed by atoms with Crippen LogP contribution in [0.3, 0.4) is 0 Å². The summed E-state index contributed by atoms with van der Waals surface area (Å²) in [6, 6.07) is 6.93. The molecule has 1 aromatic rings. The average molecular weight is 409 g/mol. The number of carbonyl (C=O) groups excluding carboxylic acids is 2. The summed E-state index contributed by atoms with van der Waals surface area (Å²) in [5, 5.41) is 2.52. The van der Waals surface area contributed by atoms with Gasteiger partial charge in [-0.25, -0.2) is 8.42 Å². The molecule has 0 spiro atoms. The second kappa shape index (κ2) is 9.84. The quantitative estimate of drug-likeness (QED) is 0.525. The lowest BCUT2D eigenvalue weighted by atomic mass is 9.98. The third kappa shape index (κ3) is 5.65. The highest BCUT2D eigenvalue weighted by atomic mass is 32.2. The van der Waals surface area contributed by atoms with Crippen LogP contribution in [0.15, 0.2) is 41.8 Å². The van der Waals surface area contributed by atoms with Crippen LogP contribution >= 0.6 is 0 Å². The molecule has 1 saturated heterocycles. The third-order valence-electron chi connectivity index (χ3n) is 4.76. The van der Waals surface area contributed by atoms with E-state index >= 15 is 0 Å². The fourth-order valence-electron chi connectivity index (χ4n) is 3.00. The number of esters is 1. The molecule has 0 radical (unpaired) electrons. The molecule has 0 unspecified atom stereocenters. The minimum atomic E-state index is -3.58. The predicted octanol–water partition coefficient (Wildman–Crippen LogP) is 2.06. The molecular weight excluding hydrogens is 380 g/mol. The highest BCUT2D eigenvalue weighted by molar-refractivity contribution is 7.89. The Balaban J connectivity index is 1.89. The lowest BCUT2D eigenvalue weighted by Gasteiger charge is -2.30. The molecule has 1 fully saturated rings. The van der Waals surface area contributed by atoms with Gasteiger partial charge < -0.3 is 10.1 Å². The Morgan fingerprint density at radius 1 is 1.25 bits per heavy atom. The number of benzene rings is 1. The topological polar surface area (TPSA) is 92.8 Å². The summed E-state index contributed by atoms with van der Waals surface area (Å²) < 4.78 is 32.0. The van der Waals surface area contributed by atoms with Crippen molar-refractivity contribution in [1.29, 1.82) is 0 Å². The Morgan fingerprint density at radius 3 is 2.39 bits per heavy atom. The smallest absolute Gasteiger partial charge is 0.309 e. The van der Waals surface area contributed by atoms with Gasteiger partial charge in [0.25, 0.3) is 5.91 Å². The number of ether oxygens (including phenoxy) is 1. The second-order valence-electron chi connectivity index (χ2n) is 7.10. The maximum absolute atomic E-state index is 12.8. The van der Waals surface area contributed by atoms with Gasteiger partial charge in [0.15, 0.2) is 6.61 Å². The van der Waals surface area contributed by atoms with Crippen molar-refractivity contribution < 1.29 is 22.7 Å². The van der Waals surface area contributed by atoms with E-state index in [9.17, 15) is 18.0 Å². The molecule has 8 heteroatoms. The Labute approximate surface area is 166 Å². The van der Waals surface area contributed by atoms with E-state index in [1.807, 2.05) is 12.1 Å². The standard InChI is InChI=1S/C20H28N2O5S/c1-4-11-21-19(23)14-27-20(24)17-9-12-22(13-10-17)28(25,26)18-7-5-16(6-8-18)15(2)3/h4-8,15,17H,1,9-14H2,2-3H3,(H,21,23). The molecule has 0 bridgehead atoms. The molecule has 28 heavy (non-hydrogen) atoms. The van der Waals surface area contributed by atoms with Gasteiger partial charge in [-0.05, 0) is 36.5 Å². The number of sulfonamides is 1. The van der Waals surface area contributed by atoms with Crippen molar-refractivity contribution in [3.8, 4) is 0 Å². The predicted molar refractivity (Wildman–Crippen MR) is 106 cm³/mol. The van der Waals surface area contributed by atoms with E-state index in [2.05, 4.69) is 25.7 Å². The first-order valence-electron chi connectivity index (χ1n) is 9.40. The van der Waals surface area contributed by atoms with Crippen molar-refractivity contribution in [2.75, 3.05) is 26.2 Å². The Bertz CT molecular complexity index is 794. The fourth-order valence-corrected chi connectivity index (χ4v) is 4.47. The SMILES string of the molecule is C=CCNC(=O)COC(=O)C1CCN(S(=O)(=O)c2ccc(C(C)C)cc2)CC1. The molecule has 2 rings (SSSR count). The van der Waals surface area contributed by atoms with Crippen LogP contribution in [-0.4, -0.2) is 50.8 Å². The number of hydrogen-bond acceptors (Lipinski definition) is 5. The van der Waals surface area contributed by atoms with E-state index in [1.54, 1.807) is 12.1 Å². The van der Waals surface area contributed by atoms with Crippen LogP contribution < -0.4 is 5.32 Å². The molecule has 154 valence electrons. The van der Waals surface area contributed by atoms with Crippen LogP contribution in [0.1, 0.15) is 38.2 Å². The highest BCUT2D eigenvalue weighted by Crippen LogP contribution is 2.25. The summed E-state index contributed by atoms with van der Waals surface area (Å²) in [6.45, 7) is 8.05. The fraction of sp³-hybridized carbons (Fsp3) is 0.500. The van der Waals surface area contributed by atoms with Gasteiger partial charge in [0.05, 0.1) is 10.8 Å². The van der Waals surface area contributed by atoms with E-state index in [-0.39, 0.29) is 24.6 Å². The highest BCUT2D eigenvalue weighted by Gasteiger charge is 2.33. The molecule has 0 aliphatic carbocycles. The van der Waals surface area contributed by atoms with Crippen LogP contribution in [-0.2, 0) is 24.3 Å². The van der Waals surface area contributed by atoms with Crippen molar-refractivity contribution >= 4 is 21.9 Å². The number of nitrogens with one attached hydrogen (secondary N) is 1. The maximum atomic E-state index is 12.8. The number of hydrogen-bond donors (Lipinski definition) is 1. The first kappa shape index (κ1) is 22.1. The van der Waals surface area contributed by atoms with Gasteiger partial charge in [-0.15, -0.1) is 6.58 Å². The molecule has 7 nitrogen and oxygen atoms in total. The van der Waals surface area contributed by atoms with Gasteiger partial charge >= 0.3 is 5.97 Å². The van der Waals surface area contributed by atoms with Gasteiger partial charge in [0.1, 0.15) is 0 Å². The van der Waals surface area contributed by atoms with Gasteiger partial charge in [0.2, 0.25) is 10.0 Å². The molecule has 1 aliphatic rings. The number of rotatable bonds is 8. The van der Waals surface area contributed by atoms with Crippen LogP contribution in [0.25, 0.3) is 0 Å². The van der Waals surface area contributed by atoms with Gasteiger partial charge in [-0.2, -0.15) is 4.31 Å². The molecule has 1 aliphatic heterocycles. The minimum Gasteiger partial charge on any atom is -0.455 e. The molecule has 1 aromatic carbocycles. The minimum absolute atomic E-state index is 0.247. The van der Waals surface area contributed by atoms with Crippen molar-refractivity contribution in [2.24, 2.45) is 5.92 Å². The van der Waals surface area contributed by atoms with Crippen molar-refractivity contribution in [1.82, 2.24) is 9.62 Å². The van der Waals surface area contributed by atoms with Crippen molar-refractivity contribution in [3.05, 3.63) is 42.5 Å². The zero-order valence-corrected chi connectivity index (χ0v) is 17.2. The monoisotopic (exact) mass is 408 g/mol. The summed E-state index contributed by atoms with van der Waals surface area (Å²) in [4.78, 5) is 23.8. The molecular formula is C20H28N2O5S. The number of nitrogens with zero attached hydrogens (tertiary/aromatic N) is 1. The summed E-state index contributed by atoms with van der Waals surface area (Å²) in [5.74, 6) is -0.926. The number of amides is 1. The Hall–Kier alpha value is -2.19. The Kier molecular flexibility index (Phi) is 7.77. The van der Waals surface area contributed by atoms with Gasteiger partial charge in [-0.3, -0.25) is 9.59 Å². The largest absolute Gasteiger partial charge is 0.455 e. The normalized spacial score (nSPS) is 16.0. The van der Waals surface area contributed by atoms with Crippen LogP contribution in [0, 0.1) is 5.92 Å². The van der Waals surface area contributed by atoms with Crippen molar-refractivity contribution in [2.45, 2.75) is 37.5 Å². The summed E-state index contributed by atoms with van der Waals surface area (Å²) in [5.41, 5.74) is 1.08. The molecule has 1 N–H and O–H groups in total. The number of piperidine rings is 1. The third-order valence-corrected chi connectivity index (χ3v) is 6.67. The maximum Gasteiger partial charge on any atom is 0.309 e. The van der Waals surface area contributed by atoms with Crippen LogP contribution in [0.5, 0.6) is 0 Å². The molecule has 0 aromatic heterocycles. The van der Waals surface area contributed by atoms with Gasteiger partial charge in [0, 0.05) is 19.6 Å². The van der Waals surface area contributed by atoms with Crippen LogP contribution in [0.4, 0.5) is 0 Å². The summed E-state index contributed by atoms with van der Waals surface area (Å²) in [6.07, 6.45) is 2.28.